The van der Waals surface area contributed by atoms with Crippen LogP contribution in [0.3, 0.4) is 0 Å². The topological polar surface area (TPSA) is 33.1 Å². The Balaban J connectivity index is 2.25. The van der Waals surface area contributed by atoms with Crippen LogP contribution in [0.2, 0.25) is 0 Å². The first kappa shape index (κ1) is 11.5. The quantitative estimate of drug-likeness (QED) is 0.877. The lowest BCUT2D eigenvalue weighted by Crippen LogP contribution is -1.83. The molecule has 0 saturated carbocycles. The second-order valence-electron chi connectivity index (χ2n) is 3.61. The van der Waals surface area contributed by atoms with E-state index in [9.17, 15) is 4.39 Å². The van der Waals surface area contributed by atoms with E-state index >= 15 is 0 Å². The van der Waals surface area contributed by atoms with Gasteiger partial charge in [-0.15, -0.1) is 0 Å². The summed E-state index contributed by atoms with van der Waals surface area (Å²) < 4.78 is 12.8. The minimum absolute atomic E-state index is 0.542. The van der Waals surface area contributed by atoms with Crippen LogP contribution in [0, 0.1) is 0 Å². The molecule has 17 heavy (non-hydrogen) atoms. The standard InChI is InChI=1S/C14H12FNO/c15-14(10-17)8-11-3-5-12(6-4-11)13-2-1-7-16-9-13/h1-9,17H,10H2/b14-8+. The van der Waals surface area contributed by atoms with Crippen LogP contribution in [0.25, 0.3) is 17.2 Å². The molecule has 0 saturated heterocycles. The van der Waals surface area contributed by atoms with E-state index in [0.717, 1.165) is 16.7 Å². The molecule has 1 aromatic carbocycles. The Kier molecular flexibility index (Phi) is 3.62. The van der Waals surface area contributed by atoms with E-state index in [4.69, 9.17) is 5.11 Å². The molecule has 0 amide bonds. The zero-order valence-corrected chi connectivity index (χ0v) is 9.18. The predicted molar refractivity (Wildman–Crippen MR) is 65.8 cm³/mol. The second kappa shape index (κ2) is 5.37. The number of hydrogen-bond donors (Lipinski definition) is 1. The van der Waals surface area contributed by atoms with Crippen molar-refractivity contribution < 1.29 is 9.50 Å². The van der Waals surface area contributed by atoms with E-state index in [1.807, 2.05) is 24.3 Å². The van der Waals surface area contributed by atoms with Crippen LogP contribution >= 0.6 is 0 Å². The third kappa shape index (κ3) is 2.98. The monoisotopic (exact) mass is 229 g/mol. The predicted octanol–water partition coefficient (Wildman–Crippen LogP) is 3.05. The van der Waals surface area contributed by atoms with Crippen LogP contribution in [-0.4, -0.2) is 16.7 Å². The average Bonchev–Trinajstić information content (AvgIpc) is 2.40. The number of halogens is 1. The molecule has 0 bridgehead atoms. The number of nitrogens with zero attached hydrogens (tertiary/aromatic N) is 1. The Bertz CT molecular complexity index is 506. The van der Waals surface area contributed by atoms with E-state index in [-0.39, 0.29) is 0 Å². The van der Waals surface area contributed by atoms with Crippen molar-refractivity contribution in [1.82, 2.24) is 4.98 Å². The minimum Gasteiger partial charge on any atom is -0.389 e. The van der Waals surface area contributed by atoms with Crippen LogP contribution in [0.1, 0.15) is 5.56 Å². The van der Waals surface area contributed by atoms with Crippen molar-refractivity contribution >= 4 is 6.08 Å². The van der Waals surface area contributed by atoms with Crippen LogP contribution in [0.5, 0.6) is 0 Å². The molecule has 1 aromatic heterocycles. The summed E-state index contributed by atoms with van der Waals surface area (Å²) in [6.45, 7) is -0.565. The highest BCUT2D eigenvalue weighted by Gasteiger charge is 1.97. The summed E-state index contributed by atoms with van der Waals surface area (Å²) in [5.74, 6) is -0.542. The smallest absolute Gasteiger partial charge is 0.126 e. The van der Waals surface area contributed by atoms with Crippen molar-refractivity contribution in [1.29, 1.82) is 0 Å². The molecule has 2 rings (SSSR count). The van der Waals surface area contributed by atoms with Gasteiger partial charge in [-0.25, -0.2) is 4.39 Å². The summed E-state index contributed by atoms with van der Waals surface area (Å²) in [5, 5.41) is 8.58. The molecule has 2 aromatic rings. The van der Waals surface area contributed by atoms with Crippen molar-refractivity contribution in [3.63, 3.8) is 0 Å². The number of benzene rings is 1. The van der Waals surface area contributed by atoms with Gasteiger partial charge in [0.05, 0.1) is 6.61 Å². The molecule has 0 aliphatic carbocycles. The second-order valence-corrected chi connectivity index (χ2v) is 3.61. The maximum atomic E-state index is 12.8. The molecule has 3 heteroatoms. The maximum absolute atomic E-state index is 12.8. The lowest BCUT2D eigenvalue weighted by Gasteiger charge is -2.01. The van der Waals surface area contributed by atoms with Crippen molar-refractivity contribution in [2.24, 2.45) is 0 Å². The maximum Gasteiger partial charge on any atom is 0.126 e. The Morgan fingerprint density at radius 3 is 2.53 bits per heavy atom. The fourth-order valence-corrected chi connectivity index (χ4v) is 1.53. The molecular weight excluding hydrogens is 217 g/mol. The highest BCUT2D eigenvalue weighted by Crippen LogP contribution is 2.19. The lowest BCUT2D eigenvalue weighted by molar-refractivity contribution is 0.300. The Morgan fingerprint density at radius 2 is 1.94 bits per heavy atom. The molecule has 86 valence electrons. The highest BCUT2D eigenvalue weighted by atomic mass is 19.1. The molecule has 0 aliphatic rings. The Labute approximate surface area is 99.1 Å². The fraction of sp³-hybridized carbons (Fsp3) is 0.0714. The van der Waals surface area contributed by atoms with Crippen molar-refractivity contribution in [2.45, 2.75) is 0 Å². The molecule has 0 unspecified atom stereocenters. The van der Waals surface area contributed by atoms with Gasteiger partial charge in [0.25, 0.3) is 0 Å². The molecule has 0 fully saturated rings. The largest absolute Gasteiger partial charge is 0.389 e. The number of hydrogen-bond acceptors (Lipinski definition) is 2. The summed E-state index contributed by atoms with van der Waals surface area (Å²) in [5.41, 5.74) is 2.77. The first-order valence-electron chi connectivity index (χ1n) is 5.27. The van der Waals surface area contributed by atoms with Gasteiger partial charge in [-0.05, 0) is 28.8 Å². The van der Waals surface area contributed by atoms with Gasteiger partial charge in [0, 0.05) is 12.4 Å². The van der Waals surface area contributed by atoms with Crippen LogP contribution in [-0.2, 0) is 0 Å². The summed E-state index contributed by atoms with van der Waals surface area (Å²) in [6, 6.07) is 11.2. The Hall–Kier alpha value is -2.00. The first-order valence-corrected chi connectivity index (χ1v) is 5.27. The molecule has 0 aliphatic heterocycles. The minimum atomic E-state index is -0.565. The number of aromatic nitrogens is 1. The molecule has 2 nitrogen and oxygen atoms in total. The molecular formula is C14H12FNO. The third-order valence-electron chi connectivity index (χ3n) is 2.38. The van der Waals surface area contributed by atoms with Gasteiger partial charge < -0.3 is 5.11 Å². The third-order valence-corrected chi connectivity index (χ3v) is 2.38. The van der Waals surface area contributed by atoms with Crippen LogP contribution in [0.4, 0.5) is 4.39 Å². The van der Waals surface area contributed by atoms with E-state index in [2.05, 4.69) is 4.98 Å². The lowest BCUT2D eigenvalue weighted by atomic mass is 10.1. The SMILES string of the molecule is OC/C(F)=C\c1ccc(-c2cccnc2)cc1. The molecule has 0 spiro atoms. The molecule has 0 radical (unpaired) electrons. The zero-order chi connectivity index (χ0) is 12.1. The summed E-state index contributed by atoms with van der Waals surface area (Å²) in [7, 11) is 0. The van der Waals surface area contributed by atoms with Crippen LogP contribution in [0.15, 0.2) is 54.6 Å². The summed E-state index contributed by atoms with van der Waals surface area (Å²) >= 11 is 0. The molecule has 1 heterocycles. The first-order chi connectivity index (χ1) is 8.29. The zero-order valence-electron chi connectivity index (χ0n) is 9.18. The number of rotatable bonds is 3. The van der Waals surface area contributed by atoms with E-state index in [1.54, 1.807) is 24.5 Å². The summed E-state index contributed by atoms with van der Waals surface area (Å²) in [6.07, 6.45) is 4.81. The van der Waals surface area contributed by atoms with Gasteiger partial charge in [0.2, 0.25) is 0 Å². The molecule has 0 atom stereocenters. The van der Waals surface area contributed by atoms with Gasteiger partial charge in [-0.2, -0.15) is 0 Å². The van der Waals surface area contributed by atoms with Gasteiger partial charge in [-0.3, -0.25) is 4.98 Å². The fourth-order valence-electron chi connectivity index (χ4n) is 1.53. The van der Waals surface area contributed by atoms with E-state index in [1.165, 1.54) is 6.08 Å². The van der Waals surface area contributed by atoms with Gasteiger partial charge >= 0.3 is 0 Å². The van der Waals surface area contributed by atoms with Gasteiger partial charge in [0.15, 0.2) is 0 Å². The normalized spacial score (nSPS) is 11.5. The van der Waals surface area contributed by atoms with E-state index in [0.29, 0.717) is 0 Å². The number of pyridine rings is 1. The number of aliphatic hydroxyl groups excluding tert-OH is 1. The van der Waals surface area contributed by atoms with Gasteiger partial charge in [-0.1, -0.05) is 30.3 Å². The Morgan fingerprint density at radius 1 is 1.18 bits per heavy atom. The van der Waals surface area contributed by atoms with Crippen molar-refractivity contribution in [3.05, 3.63) is 60.2 Å². The number of aliphatic hydroxyl groups is 1. The molecule has 1 N–H and O–H groups in total. The average molecular weight is 229 g/mol. The van der Waals surface area contributed by atoms with Gasteiger partial charge in [0.1, 0.15) is 5.83 Å². The van der Waals surface area contributed by atoms with Crippen molar-refractivity contribution in [2.75, 3.05) is 6.61 Å². The highest BCUT2D eigenvalue weighted by molar-refractivity contribution is 5.65. The summed E-state index contributed by atoms with van der Waals surface area (Å²) in [4.78, 5) is 4.04. The van der Waals surface area contributed by atoms with E-state index < -0.39 is 12.4 Å². The van der Waals surface area contributed by atoms with Crippen LogP contribution < -0.4 is 0 Å². The van der Waals surface area contributed by atoms with Crippen molar-refractivity contribution in [3.8, 4) is 11.1 Å².